The van der Waals surface area contributed by atoms with Crippen molar-refractivity contribution in [1.82, 2.24) is 54.6 Å². The number of carboxylic acid groups (broad SMARTS) is 1. The van der Waals surface area contributed by atoms with Crippen LogP contribution >= 0.6 is 22.9 Å². The molecule has 4 amide bonds. The molecule has 1 unspecified atom stereocenters. The highest BCUT2D eigenvalue weighted by molar-refractivity contribution is 7.15. The molecule has 12 rings (SSSR count). The number of carbonyl (C=O) groups is 5. The normalized spacial score (nSPS) is 20.2. The summed E-state index contributed by atoms with van der Waals surface area (Å²) in [6.07, 6.45) is 1.91. The summed E-state index contributed by atoms with van der Waals surface area (Å²) in [6.45, 7) is 6.15. The van der Waals surface area contributed by atoms with E-state index >= 15 is 9.18 Å². The van der Waals surface area contributed by atoms with Crippen molar-refractivity contribution in [2.45, 2.75) is 71.1 Å². The molecule has 19 nitrogen and oxygen atoms in total. The number of ether oxygens (including phenoxy) is 1. The number of rotatable bonds is 11. The number of hydrogen-bond donors (Lipinski definition) is 3. The molecule has 3 N–H and O–H groups in total. The van der Waals surface area contributed by atoms with E-state index in [9.17, 15) is 19.2 Å². The lowest BCUT2D eigenvalue weighted by Crippen LogP contribution is -2.66. The van der Waals surface area contributed by atoms with E-state index in [2.05, 4.69) is 34.7 Å². The second-order valence-electron chi connectivity index (χ2n) is 18.8. The van der Waals surface area contributed by atoms with Crippen LogP contribution in [0.2, 0.25) is 5.02 Å². The number of thiophene rings is 1. The van der Waals surface area contributed by atoms with Crippen LogP contribution in [-0.4, -0.2) is 132 Å². The predicted octanol–water partition coefficient (Wildman–Crippen LogP) is 5.19. The summed E-state index contributed by atoms with van der Waals surface area (Å²) >= 11 is 7.96. The molecular formula is C50H49ClFN12O7S+. The number of morpholine rings is 1. The highest BCUT2D eigenvalue weighted by atomic mass is 35.5. The number of nitrogens with zero attached hydrogens (tertiary/aromatic N) is 10. The van der Waals surface area contributed by atoms with Gasteiger partial charge in [-0.3, -0.25) is 33.4 Å². The maximum atomic E-state index is 16.4. The van der Waals surface area contributed by atoms with E-state index < -0.39 is 48.8 Å². The SMILES string of the molecule is Cc1sc2c(c1C)C(c1ccc(Cl)cc1)=N[C@@H](CC(=O)N1CCOC(CC(=O)[N+]34CCC(CC3)c3nn(CC(=O)NCC(=O)NCC(=O)O)c5cccc(c35)-c3cc5c(cnn54)cc3F)C1)c1nnc(C)n1-2. The summed E-state index contributed by atoms with van der Waals surface area (Å²) < 4.78 is 26.0. The first-order valence-corrected chi connectivity index (χ1v) is 25.0. The smallest absolute Gasteiger partial charge is 0.342 e. The number of quaternary nitrogens is 1. The molecule has 72 heavy (non-hydrogen) atoms. The van der Waals surface area contributed by atoms with Gasteiger partial charge < -0.3 is 25.4 Å². The van der Waals surface area contributed by atoms with Crippen LogP contribution in [0.1, 0.15) is 76.6 Å². The average molecular weight is 1020 g/mol. The number of carbonyl (C=O) groups excluding carboxylic acids is 4. The van der Waals surface area contributed by atoms with Gasteiger partial charge in [-0.15, -0.1) is 31.2 Å². The van der Waals surface area contributed by atoms with Crippen LogP contribution in [0.4, 0.5) is 4.39 Å². The van der Waals surface area contributed by atoms with Gasteiger partial charge in [-0.2, -0.15) is 5.10 Å². The fourth-order valence-electron chi connectivity index (χ4n) is 10.7. The summed E-state index contributed by atoms with van der Waals surface area (Å²) in [6, 6.07) is 15.4. The zero-order valence-corrected chi connectivity index (χ0v) is 41.1. The molecule has 2 atom stereocenters. The quantitative estimate of drug-likeness (QED) is 0.143. The number of aromatic nitrogens is 7. The van der Waals surface area contributed by atoms with E-state index in [0.29, 0.717) is 82.2 Å². The first-order chi connectivity index (χ1) is 34.7. The first kappa shape index (κ1) is 47.1. The van der Waals surface area contributed by atoms with Gasteiger partial charge in [-0.1, -0.05) is 40.7 Å². The predicted molar refractivity (Wildman–Crippen MR) is 265 cm³/mol. The Bertz CT molecular complexity index is 3430. The molecule has 0 aliphatic carbocycles. The van der Waals surface area contributed by atoms with Gasteiger partial charge in [0.25, 0.3) is 0 Å². The molecule has 370 valence electrons. The molecule has 2 fully saturated rings. The van der Waals surface area contributed by atoms with Crippen LogP contribution in [0.5, 0.6) is 0 Å². The lowest BCUT2D eigenvalue weighted by atomic mass is 9.88. The fourth-order valence-corrected chi connectivity index (χ4v) is 12.1. The van der Waals surface area contributed by atoms with Crippen molar-refractivity contribution in [3.63, 3.8) is 0 Å². The number of fused-ring (bicyclic) bond motifs is 5. The van der Waals surface area contributed by atoms with Gasteiger partial charge in [-0.05, 0) is 62.2 Å². The first-order valence-electron chi connectivity index (χ1n) is 23.8. The topological polar surface area (TPSA) is 221 Å². The minimum Gasteiger partial charge on any atom is -0.480 e. The zero-order chi connectivity index (χ0) is 50.2. The molecule has 4 aromatic heterocycles. The van der Waals surface area contributed by atoms with Crippen molar-refractivity contribution >= 4 is 80.1 Å². The van der Waals surface area contributed by atoms with Crippen molar-refractivity contribution < 1.29 is 38.2 Å². The molecule has 0 spiro atoms. The van der Waals surface area contributed by atoms with Crippen molar-refractivity contribution in [2.24, 2.45) is 4.99 Å². The highest BCUT2D eigenvalue weighted by Crippen LogP contribution is 2.43. The largest absolute Gasteiger partial charge is 0.480 e. The zero-order valence-electron chi connectivity index (χ0n) is 39.5. The van der Waals surface area contributed by atoms with Crippen molar-refractivity contribution in [3.05, 3.63) is 111 Å². The Kier molecular flexibility index (Phi) is 12.1. The van der Waals surface area contributed by atoms with Crippen LogP contribution in [0, 0.1) is 26.6 Å². The third-order valence-electron chi connectivity index (χ3n) is 14.4. The number of aryl methyl sites for hydroxylation is 2. The minimum atomic E-state index is -1.21. The Hall–Kier alpha value is -7.20. The van der Waals surface area contributed by atoms with Gasteiger partial charge in [0.15, 0.2) is 5.82 Å². The second kappa shape index (κ2) is 18.4. The van der Waals surface area contributed by atoms with Crippen LogP contribution in [0.15, 0.2) is 65.8 Å². The summed E-state index contributed by atoms with van der Waals surface area (Å²) in [7, 11) is 0. The monoisotopic (exact) mass is 1020 g/mol. The van der Waals surface area contributed by atoms with E-state index in [1.54, 1.807) is 39.4 Å². The van der Waals surface area contributed by atoms with Crippen molar-refractivity contribution in [3.8, 4) is 16.1 Å². The minimum absolute atomic E-state index is 0.00423. The van der Waals surface area contributed by atoms with Gasteiger partial charge >= 0.3 is 11.9 Å². The van der Waals surface area contributed by atoms with E-state index in [0.717, 1.165) is 32.3 Å². The molecule has 7 aromatic rings. The summed E-state index contributed by atoms with van der Waals surface area (Å²) in [5, 5.41) is 35.2. The molecule has 0 radical (unpaired) electrons. The van der Waals surface area contributed by atoms with Crippen molar-refractivity contribution in [1.29, 1.82) is 0 Å². The average Bonchev–Trinajstić information content (AvgIpc) is 4.12. The Balaban J connectivity index is 0.860. The number of aliphatic imine (C=N–C) groups is 1. The summed E-state index contributed by atoms with van der Waals surface area (Å²) in [5.41, 5.74) is 6.32. The molecule has 5 aliphatic heterocycles. The van der Waals surface area contributed by atoms with Gasteiger partial charge in [0.05, 0.1) is 55.2 Å². The molecule has 3 aromatic carbocycles. The number of carboxylic acids is 1. The molecule has 0 saturated carbocycles. The molecular weight excluding hydrogens is 967 g/mol. The van der Waals surface area contributed by atoms with Gasteiger partial charge in [0, 0.05) is 69.2 Å². The molecule has 9 heterocycles. The van der Waals surface area contributed by atoms with Crippen LogP contribution in [-0.2, 0) is 35.3 Å². The molecule has 22 heteroatoms. The van der Waals surface area contributed by atoms with E-state index in [-0.39, 0.29) is 60.4 Å². The molecule has 4 bridgehead atoms. The Labute approximate surface area is 419 Å². The number of amides is 4. The molecule has 5 aliphatic rings. The van der Waals surface area contributed by atoms with Crippen LogP contribution in [0.3, 0.4) is 0 Å². The third kappa shape index (κ3) is 8.22. The Morgan fingerprint density at radius 2 is 1.72 bits per heavy atom. The Morgan fingerprint density at radius 3 is 2.50 bits per heavy atom. The maximum Gasteiger partial charge on any atom is 0.342 e. The molecule has 2 saturated heterocycles. The number of nitrogens with one attached hydrogen (secondary N) is 2. The third-order valence-corrected chi connectivity index (χ3v) is 15.9. The maximum absolute atomic E-state index is 16.4. The van der Waals surface area contributed by atoms with E-state index in [1.165, 1.54) is 10.7 Å². The van der Waals surface area contributed by atoms with Crippen LogP contribution in [0.25, 0.3) is 37.9 Å². The summed E-state index contributed by atoms with van der Waals surface area (Å²) in [4.78, 5) is 75.9. The van der Waals surface area contributed by atoms with E-state index in [1.807, 2.05) is 47.9 Å². The number of aliphatic carboxylic acids is 1. The fraction of sp³-hybridized carbons (Fsp3) is 0.360. The second-order valence-corrected chi connectivity index (χ2v) is 20.4. The lowest BCUT2D eigenvalue weighted by molar-refractivity contribution is -0.149. The number of piperidine rings is 1. The lowest BCUT2D eigenvalue weighted by Gasteiger charge is -2.41. The van der Waals surface area contributed by atoms with Gasteiger partial charge in [-0.25, -0.2) is 9.18 Å². The number of halogens is 2. The summed E-state index contributed by atoms with van der Waals surface area (Å²) in [5.74, 6) is -2.16. The highest BCUT2D eigenvalue weighted by Gasteiger charge is 2.48. The van der Waals surface area contributed by atoms with Gasteiger partial charge in [0.1, 0.15) is 54.4 Å². The van der Waals surface area contributed by atoms with Crippen LogP contribution < -0.4 is 15.2 Å². The Morgan fingerprint density at radius 1 is 0.944 bits per heavy atom. The standard InChI is InChI=1S/C50H48ClFN12O7S/c1-26-27(2)72-50-45(26)47(29-7-9-32(51)10-8-29)56-37(49-58-57-28(3)62(49)50)20-42(67)60-13-16-71-33(24-60)18-43(68)64-14-11-30(12-15-64)48-46-34(35-19-39-31(17-36(35)52)21-55-63(39)64)5-4-6-38(46)61(59-48)25-41(66)53-22-40(65)54-23-44(69)70/h4-10,17,19,21,30,33,37H,11-16,18,20,22-25H2,1-3H3,(H2-,53,54,65,66,69,70)/p+1/t30?,33?,37-,64?/m0/s1. The number of benzene rings is 3. The van der Waals surface area contributed by atoms with E-state index in [4.69, 9.17) is 36.6 Å². The number of hydrogen-bond acceptors (Lipinski definition) is 12. The van der Waals surface area contributed by atoms with Gasteiger partial charge in [0.2, 0.25) is 17.7 Å². The van der Waals surface area contributed by atoms with Crippen molar-refractivity contribution in [2.75, 3.05) is 45.9 Å².